The third-order valence-corrected chi connectivity index (χ3v) is 1.86. The first-order chi connectivity index (χ1) is 6.24. The van der Waals surface area contributed by atoms with Gasteiger partial charge in [-0.15, -0.1) is 0 Å². The van der Waals surface area contributed by atoms with E-state index in [0.717, 1.165) is 19.4 Å². The van der Waals surface area contributed by atoms with Gasteiger partial charge < -0.3 is 9.47 Å². The second kappa shape index (κ2) is 5.02. The SMILES string of the molecule is CCCC=C(C)C(=O)OCC1CO1. The third-order valence-electron chi connectivity index (χ3n) is 1.86. The summed E-state index contributed by atoms with van der Waals surface area (Å²) in [5.41, 5.74) is 0.697. The minimum atomic E-state index is -0.219. The van der Waals surface area contributed by atoms with Gasteiger partial charge in [0.15, 0.2) is 0 Å². The topological polar surface area (TPSA) is 38.8 Å². The summed E-state index contributed by atoms with van der Waals surface area (Å²) in [7, 11) is 0. The maximum absolute atomic E-state index is 11.2. The van der Waals surface area contributed by atoms with Crippen molar-refractivity contribution in [2.75, 3.05) is 13.2 Å². The van der Waals surface area contributed by atoms with Crippen LogP contribution in [0.25, 0.3) is 0 Å². The van der Waals surface area contributed by atoms with Gasteiger partial charge in [-0.05, 0) is 13.3 Å². The maximum atomic E-state index is 11.2. The van der Waals surface area contributed by atoms with Crippen LogP contribution in [0.2, 0.25) is 0 Å². The summed E-state index contributed by atoms with van der Waals surface area (Å²) in [5.74, 6) is -0.219. The van der Waals surface area contributed by atoms with Crippen molar-refractivity contribution < 1.29 is 14.3 Å². The Labute approximate surface area is 78.7 Å². The summed E-state index contributed by atoms with van der Waals surface area (Å²) in [4.78, 5) is 11.2. The number of allylic oxidation sites excluding steroid dienone is 1. The average molecular weight is 184 g/mol. The molecule has 1 rings (SSSR count). The van der Waals surface area contributed by atoms with Crippen LogP contribution in [0.4, 0.5) is 0 Å². The Morgan fingerprint density at radius 1 is 1.69 bits per heavy atom. The number of carbonyl (C=O) groups excluding carboxylic acids is 1. The van der Waals surface area contributed by atoms with Gasteiger partial charge in [0, 0.05) is 5.57 Å². The van der Waals surface area contributed by atoms with Gasteiger partial charge >= 0.3 is 5.97 Å². The summed E-state index contributed by atoms with van der Waals surface area (Å²) in [6.45, 7) is 4.99. The lowest BCUT2D eigenvalue weighted by Crippen LogP contribution is -2.10. The predicted molar refractivity (Wildman–Crippen MR) is 49.4 cm³/mol. The molecule has 0 aromatic carbocycles. The molecule has 0 spiro atoms. The van der Waals surface area contributed by atoms with Crippen LogP contribution in [-0.2, 0) is 14.3 Å². The molecule has 1 aliphatic rings. The zero-order chi connectivity index (χ0) is 9.68. The van der Waals surface area contributed by atoms with Gasteiger partial charge in [-0.2, -0.15) is 0 Å². The number of ether oxygens (including phenoxy) is 2. The molecule has 74 valence electrons. The van der Waals surface area contributed by atoms with Crippen LogP contribution in [0.1, 0.15) is 26.7 Å². The van der Waals surface area contributed by atoms with Crippen LogP contribution in [0, 0.1) is 0 Å². The number of epoxide rings is 1. The number of hydrogen-bond acceptors (Lipinski definition) is 3. The molecule has 0 aromatic heterocycles. The van der Waals surface area contributed by atoms with E-state index in [-0.39, 0.29) is 12.1 Å². The quantitative estimate of drug-likeness (QED) is 0.370. The molecule has 0 N–H and O–H groups in total. The van der Waals surface area contributed by atoms with E-state index in [9.17, 15) is 4.79 Å². The molecule has 1 saturated heterocycles. The van der Waals surface area contributed by atoms with Crippen LogP contribution in [0.5, 0.6) is 0 Å². The van der Waals surface area contributed by atoms with Crippen molar-refractivity contribution in [2.24, 2.45) is 0 Å². The minimum absolute atomic E-state index is 0.155. The molecule has 1 atom stereocenters. The van der Waals surface area contributed by atoms with Gasteiger partial charge in [0.1, 0.15) is 12.7 Å². The molecule has 1 unspecified atom stereocenters. The summed E-state index contributed by atoms with van der Waals surface area (Å²) in [6, 6.07) is 0. The number of esters is 1. The van der Waals surface area contributed by atoms with Gasteiger partial charge in [0.2, 0.25) is 0 Å². The van der Waals surface area contributed by atoms with E-state index in [1.165, 1.54) is 0 Å². The van der Waals surface area contributed by atoms with E-state index >= 15 is 0 Å². The van der Waals surface area contributed by atoms with Gasteiger partial charge in [-0.25, -0.2) is 4.79 Å². The lowest BCUT2D eigenvalue weighted by molar-refractivity contribution is -0.139. The molecule has 0 bridgehead atoms. The number of carbonyl (C=O) groups is 1. The van der Waals surface area contributed by atoms with E-state index < -0.39 is 0 Å². The first-order valence-corrected chi connectivity index (χ1v) is 4.69. The molecular formula is C10H16O3. The number of unbranched alkanes of at least 4 members (excludes halogenated alkanes) is 1. The highest BCUT2D eigenvalue weighted by Gasteiger charge is 2.24. The maximum Gasteiger partial charge on any atom is 0.333 e. The summed E-state index contributed by atoms with van der Waals surface area (Å²) in [5, 5.41) is 0. The molecule has 0 saturated carbocycles. The fourth-order valence-electron chi connectivity index (χ4n) is 0.891. The zero-order valence-corrected chi connectivity index (χ0v) is 8.21. The average Bonchev–Trinajstić information content (AvgIpc) is 2.93. The highest BCUT2D eigenvalue weighted by atomic mass is 16.6. The van der Waals surface area contributed by atoms with E-state index in [4.69, 9.17) is 9.47 Å². The Balaban J connectivity index is 2.19. The third kappa shape index (κ3) is 4.08. The number of rotatable bonds is 5. The molecule has 3 nitrogen and oxygen atoms in total. The molecule has 13 heavy (non-hydrogen) atoms. The fourth-order valence-corrected chi connectivity index (χ4v) is 0.891. The molecule has 0 amide bonds. The Hall–Kier alpha value is -0.830. The van der Waals surface area contributed by atoms with Crippen molar-refractivity contribution in [3.8, 4) is 0 Å². The second-order valence-electron chi connectivity index (χ2n) is 3.23. The van der Waals surface area contributed by atoms with Crippen LogP contribution in [-0.4, -0.2) is 25.3 Å². The smallest absolute Gasteiger partial charge is 0.333 e. The van der Waals surface area contributed by atoms with Crippen LogP contribution >= 0.6 is 0 Å². The molecule has 0 radical (unpaired) electrons. The second-order valence-corrected chi connectivity index (χ2v) is 3.23. The normalized spacial score (nSPS) is 21.4. The van der Waals surface area contributed by atoms with Gasteiger partial charge in [0.05, 0.1) is 6.61 Å². The number of hydrogen-bond donors (Lipinski definition) is 0. The van der Waals surface area contributed by atoms with Gasteiger partial charge in [0.25, 0.3) is 0 Å². The zero-order valence-electron chi connectivity index (χ0n) is 8.21. The Morgan fingerprint density at radius 2 is 2.38 bits per heavy atom. The first kappa shape index (κ1) is 10.3. The van der Waals surface area contributed by atoms with Crippen LogP contribution in [0.15, 0.2) is 11.6 Å². The van der Waals surface area contributed by atoms with Crippen LogP contribution in [0.3, 0.4) is 0 Å². The summed E-state index contributed by atoms with van der Waals surface area (Å²) >= 11 is 0. The molecule has 0 aromatic rings. The van der Waals surface area contributed by atoms with Crippen LogP contribution < -0.4 is 0 Å². The van der Waals surface area contributed by atoms with E-state index in [1.807, 2.05) is 6.08 Å². The predicted octanol–water partition coefficient (Wildman–Crippen LogP) is 1.67. The van der Waals surface area contributed by atoms with E-state index in [1.54, 1.807) is 6.92 Å². The largest absolute Gasteiger partial charge is 0.459 e. The standard InChI is InChI=1S/C10H16O3/c1-3-4-5-8(2)10(11)13-7-9-6-12-9/h5,9H,3-4,6-7H2,1-2H3. The van der Waals surface area contributed by atoms with Gasteiger partial charge in [-0.3, -0.25) is 0 Å². The molecular weight excluding hydrogens is 168 g/mol. The molecule has 1 heterocycles. The Kier molecular flexibility index (Phi) is 3.96. The van der Waals surface area contributed by atoms with Crippen molar-refractivity contribution in [1.82, 2.24) is 0 Å². The Bertz CT molecular complexity index is 204. The highest BCUT2D eigenvalue weighted by Crippen LogP contribution is 2.10. The molecule has 0 aliphatic carbocycles. The first-order valence-electron chi connectivity index (χ1n) is 4.69. The Morgan fingerprint density at radius 3 is 2.92 bits per heavy atom. The van der Waals surface area contributed by atoms with Crippen molar-refractivity contribution >= 4 is 5.97 Å². The molecule has 1 aliphatic heterocycles. The highest BCUT2D eigenvalue weighted by molar-refractivity contribution is 5.87. The molecule has 1 fully saturated rings. The van der Waals surface area contributed by atoms with E-state index in [2.05, 4.69) is 6.92 Å². The van der Waals surface area contributed by atoms with Gasteiger partial charge in [-0.1, -0.05) is 19.4 Å². The van der Waals surface area contributed by atoms with Crippen molar-refractivity contribution in [3.05, 3.63) is 11.6 Å². The van der Waals surface area contributed by atoms with E-state index in [0.29, 0.717) is 12.2 Å². The lowest BCUT2D eigenvalue weighted by Gasteiger charge is -2.01. The fraction of sp³-hybridized carbons (Fsp3) is 0.700. The molecule has 3 heteroatoms. The lowest BCUT2D eigenvalue weighted by atomic mass is 10.2. The summed E-state index contributed by atoms with van der Waals surface area (Å²) < 4.78 is 9.92. The monoisotopic (exact) mass is 184 g/mol. The van der Waals surface area contributed by atoms with Crippen molar-refractivity contribution in [2.45, 2.75) is 32.8 Å². The minimum Gasteiger partial charge on any atom is -0.459 e. The van der Waals surface area contributed by atoms with Crippen molar-refractivity contribution in [1.29, 1.82) is 0 Å². The summed E-state index contributed by atoms with van der Waals surface area (Å²) in [6.07, 6.45) is 4.05. The van der Waals surface area contributed by atoms with Crippen molar-refractivity contribution in [3.63, 3.8) is 0 Å².